The van der Waals surface area contributed by atoms with Gasteiger partial charge in [0.2, 0.25) is 0 Å². The van der Waals surface area contributed by atoms with Crippen LogP contribution in [0.4, 0.5) is 5.69 Å². The summed E-state index contributed by atoms with van der Waals surface area (Å²) in [5, 5.41) is 2.57. The molecule has 0 spiro atoms. The van der Waals surface area contributed by atoms with Crippen molar-refractivity contribution in [1.29, 1.82) is 0 Å². The lowest BCUT2D eigenvalue weighted by Crippen LogP contribution is -2.20. The van der Waals surface area contributed by atoms with E-state index in [0.29, 0.717) is 0 Å². The van der Waals surface area contributed by atoms with Gasteiger partial charge in [0, 0.05) is 23.3 Å². The van der Waals surface area contributed by atoms with Gasteiger partial charge >= 0.3 is 0 Å². The molecular formula is C21H23N. The van der Waals surface area contributed by atoms with Crippen molar-refractivity contribution in [2.45, 2.75) is 20.8 Å². The predicted molar refractivity (Wildman–Crippen MR) is 97.1 cm³/mol. The highest BCUT2D eigenvalue weighted by Crippen LogP contribution is 2.28. The van der Waals surface area contributed by atoms with Crippen molar-refractivity contribution in [3.8, 4) is 0 Å². The highest BCUT2D eigenvalue weighted by Gasteiger charge is 2.14. The zero-order chi connectivity index (χ0) is 15.6. The third-order valence-corrected chi connectivity index (χ3v) is 4.15. The first kappa shape index (κ1) is 14.6. The summed E-state index contributed by atoms with van der Waals surface area (Å²) in [7, 11) is 0. The minimum absolute atomic E-state index is 0.112. The Morgan fingerprint density at radius 3 is 2.50 bits per heavy atom. The quantitative estimate of drug-likeness (QED) is 0.700. The van der Waals surface area contributed by atoms with Gasteiger partial charge in [0.1, 0.15) is 0 Å². The summed E-state index contributed by atoms with van der Waals surface area (Å²) in [6.45, 7) is 7.60. The number of benzene rings is 2. The summed E-state index contributed by atoms with van der Waals surface area (Å²) in [4.78, 5) is 2.36. The van der Waals surface area contributed by atoms with Crippen LogP contribution in [0.25, 0.3) is 10.8 Å². The van der Waals surface area contributed by atoms with E-state index >= 15 is 0 Å². The molecule has 1 aliphatic rings. The van der Waals surface area contributed by atoms with Crippen LogP contribution in [0, 0.1) is 5.41 Å². The Morgan fingerprint density at radius 2 is 1.73 bits per heavy atom. The SMILES string of the molecule is CCN(C1=CC=CC(C)(C)C=C1)c1ccc2ccccc2c1. The first-order chi connectivity index (χ1) is 10.6. The summed E-state index contributed by atoms with van der Waals surface area (Å²) < 4.78 is 0. The van der Waals surface area contributed by atoms with E-state index in [4.69, 9.17) is 0 Å². The molecule has 2 aromatic carbocycles. The van der Waals surface area contributed by atoms with Crippen LogP contribution in [0.15, 0.2) is 78.5 Å². The van der Waals surface area contributed by atoms with Crippen LogP contribution in [0.3, 0.4) is 0 Å². The Labute approximate surface area is 133 Å². The van der Waals surface area contributed by atoms with E-state index in [1.54, 1.807) is 0 Å². The van der Waals surface area contributed by atoms with Gasteiger partial charge in [0.25, 0.3) is 0 Å². The number of likely N-dealkylation sites (N-methyl/N-ethyl adjacent to an activating group) is 1. The largest absolute Gasteiger partial charge is 0.342 e. The average molecular weight is 289 g/mol. The maximum Gasteiger partial charge on any atom is 0.0417 e. The summed E-state index contributed by atoms with van der Waals surface area (Å²) in [5.74, 6) is 0. The second-order valence-corrected chi connectivity index (χ2v) is 6.38. The molecule has 0 amide bonds. The minimum Gasteiger partial charge on any atom is -0.342 e. The van der Waals surface area contributed by atoms with Crippen molar-refractivity contribution in [1.82, 2.24) is 0 Å². The molecule has 0 aromatic heterocycles. The lowest BCUT2D eigenvalue weighted by molar-refractivity contribution is 0.626. The van der Waals surface area contributed by atoms with Crippen LogP contribution >= 0.6 is 0 Å². The fourth-order valence-corrected chi connectivity index (χ4v) is 2.84. The van der Waals surface area contributed by atoms with Gasteiger partial charge in [-0.25, -0.2) is 0 Å². The number of rotatable bonds is 3. The third-order valence-electron chi connectivity index (χ3n) is 4.15. The third kappa shape index (κ3) is 2.99. The molecule has 1 nitrogen and oxygen atoms in total. The van der Waals surface area contributed by atoms with E-state index in [1.165, 1.54) is 22.2 Å². The molecule has 2 aromatic rings. The van der Waals surface area contributed by atoms with Gasteiger partial charge < -0.3 is 4.90 Å². The molecule has 0 atom stereocenters. The maximum absolute atomic E-state index is 2.36. The van der Waals surface area contributed by atoms with E-state index in [2.05, 4.69) is 98.5 Å². The Morgan fingerprint density at radius 1 is 0.955 bits per heavy atom. The molecule has 0 bridgehead atoms. The zero-order valence-corrected chi connectivity index (χ0v) is 13.6. The average Bonchev–Trinajstić information content (AvgIpc) is 2.69. The van der Waals surface area contributed by atoms with Crippen molar-refractivity contribution >= 4 is 16.5 Å². The van der Waals surface area contributed by atoms with Gasteiger partial charge in [-0.3, -0.25) is 0 Å². The molecule has 0 fully saturated rings. The second kappa shape index (κ2) is 5.84. The van der Waals surface area contributed by atoms with Crippen molar-refractivity contribution < 1.29 is 0 Å². The Bertz CT molecular complexity index is 762. The van der Waals surface area contributed by atoms with Crippen molar-refractivity contribution in [3.63, 3.8) is 0 Å². The molecule has 0 heterocycles. The van der Waals surface area contributed by atoms with E-state index in [9.17, 15) is 0 Å². The number of anilines is 1. The fourth-order valence-electron chi connectivity index (χ4n) is 2.84. The summed E-state index contributed by atoms with van der Waals surface area (Å²) in [5.41, 5.74) is 2.59. The van der Waals surface area contributed by atoms with Crippen molar-refractivity contribution in [2.75, 3.05) is 11.4 Å². The zero-order valence-electron chi connectivity index (χ0n) is 13.6. The molecule has 0 saturated heterocycles. The van der Waals surface area contributed by atoms with Gasteiger partial charge in [-0.05, 0) is 42.0 Å². The summed E-state index contributed by atoms with van der Waals surface area (Å²) in [6, 6.07) is 15.2. The summed E-state index contributed by atoms with van der Waals surface area (Å²) >= 11 is 0. The Kier molecular flexibility index (Phi) is 3.89. The first-order valence-corrected chi connectivity index (χ1v) is 7.94. The normalized spacial score (nSPS) is 16.4. The number of fused-ring (bicyclic) bond motifs is 1. The van der Waals surface area contributed by atoms with Crippen molar-refractivity contribution in [2.24, 2.45) is 5.41 Å². The molecule has 22 heavy (non-hydrogen) atoms. The summed E-state index contributed by atoms with van der Waals surface area (Å²) in [6.07, 6.45) is 11.1. The maximum atomic E-state index is 2.36. The van der Waals surface area contributed by atoms with Crippen LogP contribution in [-0.2, 0) is 0 Å². The highest BCUT2D eigenvalue weighted by molar-refractivity contribution is 5.86. The molecule has 0 aliphatic heterocycles. The molecular weight excluding hydrogens is 266 g/mol. The number of allylic oxidation sites excluding steroid dienone is 5. The lowest BCUT2D eigenvalue weighted by Gasteiger charge is -2.25. The van der Waals surface area contributed by atoms with Gasteiger partial charge in [-0.1, -0.05) is 62.4 Å². The van der Waals surface area contributed by atoms with Gasteiger partial charge in [0.05, 0.1) is 0 Å². The monoisotopic (exact) mass is 289 g/mol. The Hall–Kier alpha value is -2.28. The molecule has 112 valence electrons. The number of hydrogen-bond donors (Lipinski definition) is 0. The molecule has 1 aliphatic carbocycles. The number of nitrogens with zero attached hydrogens (tertiary/aromatic N) is 1. The van der Waals surface area contributed by atoms with Gasteiger partial charge in [-0.15, -0.1) is 0 Å². The van der Waals surface area contributed by atoms with Crippen LogP contribution in [0.1, 0.15) is 20.8 Å². The van der Waals surface area contributed by atoms with Crippen LogP contribution in [0.2, 0.25) is 0 Å². The van der Waals surface area contributed by atoms with E-state index < -0.39 is 0 Å². The molecule has 0 radical (unpaired) electrons. The minimum atomic E-state index is 0.112. The molecule has 3 rings (SSSR count). The van der Waals surface area contributed by atoms with Crippen LogP contribution in [-0.4, -0.2) is 6.54 Å². The van der Waals surface area contributed by atoms with E-state index in [-0.39, 0.29) is 5.41 Å². The van der Waals surface area contributed by atoms with Gasteiger partial charge in [-0.2, -0.15) is 0 Å². The topological polar surface area (TPSA) is 3.24 Å². The predicted octanol–water partition coefficient (Wildman–Crippen LogP) is 5.70. The fraction of sp³-hybridized carbons (Fsp3) is 0.238. The molecule has 1 heteroatoms. The highest BCUT2D eigenvalue weighted by atomic mass is 15.1. The van der Waals surface area contributed by atoms with E-state index in [0.717, 1.165) is 6.54 Å². The molecule has 0 unspecified atom stereocenters. The standard InChI is InChI=1S/C21H23N/c1-4-22(19-10-7-14-21(2,3)15-13-19)20-12-11-17-8-5-6-9-18(17)16-20/h5-16H,4H2,1-3H3. The second-order valence-electron chi connectivity index (χ2n) is 6.38. The number of hydrogen-bond acceptors (Lipinski definition) is 1. The van der Waals surface area contributed by atoms with Crippen molar-refractivity contribution in [3.05, 3.63) is 78.5 Å². The lowest BCUT2D eigenvalue weighted by atomic mass is 9.93. The molecule has 0 N–H and O–H groups in total. The van der Waals surface area contributed by atoms with Crippen LogP contribution < -0.4 is 4.90 Å². The molecule has 0 saturated carbocycles. The van der Waals surface area contributed by atoms with Gasteiger partial charge in [0.15, 0.2) is 0 Å². The smallest absolute Gasteiger partial charge is 0.0417 e. The van der Waals surface area contributed by atoms with E-state index in [1.807, 2.05) is 0 Å². The van der Waals surface area contributed by atoms with Crippen LogP contribution in [0.5, 0.6) is 0 Å². The Balaban J connectivity index is 1.99. The first-order valence-electron chi connectivity index (χ1n) is 7.94.